The lowest BCUT2D eigenvalue weighted by Gasteiger charge is -2.18. The van der Waals surface area contributed by atoms with Crippen LogP contribution >= 0.6 is 11.6 Å². The molecule has 1 nitrogen and oxygen atoms in total. The van der Waals surface area contributed by atoms with E-state index in [1.165, 1.54) is 30.3 Å². The van der Waals surface area contributed by atoms with Crippen molar-refractivity contribution in [2.24, 2.45) is 0 Å². The van der Waals surface area contributed by atoms with E-state index in [9.17, 15) is 13.9 Å². The van der Waals surface area contributed by atoms with Crippen molar-refractivity contribution < 1.29 is 13.9 Å². The van der Waals surface area contributed by atoms with E-state index < -0.39 is 11.9 Å². The highest BCUT2D eigenvalue weighted by molar-refractivity contribution is 6.31. The average molecular weight is 283 g/mol. The molecule has 0 aromatic heterocycles. The van der Waals surface area contributed by atoms with Crippen LogP contribution in [0.15, 0.2) is 30.3 Å². The van der Waals surface area contributed by atoms with Gasteiger partial charge in [-0.2, -0.15) is 0 Å². The van der Waals surface area contributed by atoms with Gasteiger partial charge in [-0.3, -0.25) is 0 Å². The van der Waals surface area contributed by atoms with Crippen LogP contribution in [0.1, 0.15) is 28.4 Å². The molecule has 19 heavy (non-hydrogen) atoms. The van der Waals surface area contributed by atoms with Crippen molar-refractivity contribution in [3.05, 3.63) is 69.2 Å². The summed E-state index contributed by atoms with van der Waals surface area (Å²) in [5.74, 6) is -0.964. The van der Waals surface area contributed by atoms with E-state index in [4.69, 9.17) is 11.6 Å². The zero-order chi connectivity index (χ0) is 14.2. The van der Waals surface area contributed by atoms with Gasteiger partial charge in [0.15, 0.2) is 0 Å². The van der Waals surface area contributed by atoms with Crippen molar-refractivity contribution in [3.63, 3.8) is 0 Å². The van der Waals surface area contributed by atoms with Crippen molar-refractivity contribution in [2.75, 3.05) is 0 Å². The van der Waals surface area contributed by atoms with Gasteiger partial charge in [-0.25, -0.2) is 8.78 Å². The molecule has 4 heteroatoms. The van der Waals surface area contributed by atoms with Crippen LogP contribution in [0, 0.1) is 25.5 Å². The van der Waals surface area contributed by atoms with E-state index in [0.29, 0.717) is 16.7 Å². The first-order chi connectivity index (χ1) is 8.91. The lowest BCUT2D eigenvalue weighted by molar-refractivity contribution is 0.213. The van der Waals surface area contributed by atoms with Gasteiger partial charge in [0.2, 0.25) is 0 Å². The Labute approximate surface area is 115 Å². The number of aliphatic hydroxyl groups excluding tert-OH is 1. The molecule has 0 heterocycles. The summed E-state index contributed by atoms with van der Waals surface area (Å²) in [6.07, 6.45) is -1.21. The first-order valence-electron chi connectivity index (χ1n) is 5.80. The predicted octanol–water partition coefficient (Wildman–Crippen LogP) is 4.32. The third kappa shape index (κ3) is 2.62. The fourth-order valence-corrected chi connectivity index (χ4v) is 2.54. The second-order valence-corrected chi connectivity index (χ2v) is 4.90. The number of aliphatic hydroxyl groups is 1. The summed E-state index contributed by atoms with van der Waals surface area (Å²) in [4.78, 5) is 0. The maximum atomic E-state index is 13.8. The van der Waals surface area contributed by atoms with E-state index in [-0.39, 0.29) is 16.4 Å². The molecule has 1 atom stereocenters. The first-order valence-corrected chi connectivity index (χ1v) is 6.18. The van der Waals surface area contributed by atoms with E-state index >= 15 is 0 Å². The number of aryl methyl sites for hydroxylation is 2. The molecule has 0 aliphatic carbocycles. The van der Waals surface area contributed by atoms with Gasteiger partial charge in [0.05, 0.1) is 0 Å². The van der Waals surface area contributed by atoms with Crippen LogP contribution in [0.2, 0.25) is 5.02 Å². The molecule has 2 aromatic carbocycles. The van der Waals surface area contributed by atoms with Gasteiger partial charge in [-0.1, -0.05) is 17.7 Å². The Bertz CT molecular complexity index is 582. The summed E-state index contributed by atoms with van der Waals surface area (Å²) < 4.78 is 27.1. The van der Waals surface area contributed by atoms with Crippen LogP contribution in [-0.2, 0) is 0 Å². The van der Waals surface area contributed by atoms with Gasteiger partial charge < -0.3 is 5.11 Å². The van der Waals surface area contributed by atoms with Crippen molar-refractivity contribution in [1.82, 2.24) is 0 Å². The Morgan fingerprint density at radius 2 is 1.63 bits per heavy atom. The van der Waals surface area contributed by atoms with Gasteiger partial charge in [0, 0.05) is 10.6 Å². The standard InChI is InChI=1S/C15H13ClF2O/c1-8-6-10(17)7-9(2)13(8)15(19)14-11(16)4-3-5-12(14)18/h3-7,15,19H,1-2H3. The minimum Gasteiger partial charge on any atom is -0.383 e. The number of halogens is 3. The van der Waals surface area contributed by atoms with Gasteiger partial charge in [-0.05, 0) is 54.8 Å². The largest absolute Gasteiger partial charge is 0.383 e. The highest BCUT2D eigenvalue weighted by Crippen LogP contribution is 2.34. The molecular formula is C15H13ClF2O. The minimum atomic E-state index is -1.21. The zero-order valence-corrected chi connectivity index (χ0v) is 11.3. The molecule has 0 aliphatic heterocycles. The Morgan fingerprint density at radius 1 is 1.05 bits per heavy atom. The predicted molar refractivity (Wildman–Crippen MR) is 71.3 cm³/mol. The van der Waals surface area contributed by atoms with Crippen molar-refractivity contribution >= 4 is 11.6 Å². The third-order valence-electron chi connectivity index (χ3n) is 3.11. The normalized spacial score (nSPS) is 12.5. The van der Waals surface area contributed by atoms with Crippen LogP contribution in [0.25, 0.3) is 0 Å². The number of hydrogen-bond donors (Lipinski definition) is 1. The summed E-state index contributed by atoms with van der Waals surface area (Å²) in [5, 5.41) is 10.5. The van der Waals surface area contributed by atoms with Gasteiger partial charge >= 0.3 is 0 Å². The molecule has 0 spiro atoms. The molecular weight excluding hydrogens is 270 g/mol. The first kappa shape index (κ1) is 14.0. The van der Waals surface area contributed by atoms with Crippen LogP contribution in [0.4, 0.5) is 8.78 Å². The molecule has 0 bridgehead atoms. The van der Waals surface area contributed by atoms with Crippen LogP contribution in [0.5, 0.6) is 0 Å². The number of benzene rings is 2. The maximum absolute atomic E-state index is 13.8. The molecule has 1 unspecified atom stereocenters. The Morgan fingerprint density at radius 3 is 2.16 bits per heavy atom. The quantitative estimate of drug-likeness (QED) is 0.870. The van der Waals surface area contributed by atoms with Crippen LogP contribution in [0.3, 0.4) is 0 Å². The molecule has 0 saturated carbocycles. The van der Waals surface area contributed by atoms with Crippen molar-refractivity contribution in [1.29, 1.82) is 0 Å². The second kappa shape index (κ2) is 5.27. The van der Waals surface area contributed by atoms with Gasteiger partial charge in [-0.15, -0.1) is 0 Å². The highest BCUT2D eigenvalue weighted by Gasteiger charge is 2.22. The average Bonchev–Trinajstić information content (AvgIpc) is 2.26. The highest BCUT2D eigenvalue weighted by atomic mass is 35.5. The molecule has 1 N–H and O–H groups in total. The van der Waals surface area contributed by atoms with Crippen LogP contribution in [-0.4, -0.2) is 5.11 Å². The number of rotatable bonds is 2. The lowest BCUT2D eigenvalue weighted by atomic mass is 9.93. The molecule has 0 saturated heterocycles. The van der Waals surface area contributed by atoms with Gasteiger partial charge in [0.1, 0.15) is 17.7 Å². The Kier molecular flexibility index (Phi) is 3.88. The summed E-state index contributed by atoms with van der Waals surface area (Å²) in [5.41, 5.74) is 1.61. The Balaban J connectivity index is 2.60. The lowest BCUT2D eigenvalue weighted by Crippen LogP contribution is -2.08. The zero-order valence-electron chi connectivity index (χ0n) is 10.5. The van der Waals surface area contributed by atoms with Gasteiger partial charge in [0.25, 0.3) is 0 Å². The molecule has 0 amide bonds. The molecule has 2 rings (SSSR count). The summed E-state index contributed by atoms with van der Waals surface area (Å²) in [7, 11) is 0. The van der Waals surface area contributed by atoms with E-state index in [1.807, 2.05) is 0 Å². The fourth-order valence-electron chi connectivity index (χ4n) is 2.27. The van der Waals surface area contributed by atoms with E-state index in [0.717, 1.165) is 0 Å². The second-order valence-electron chi connectivity index (χ2n) is 4.49. The van der Waals surface area contributed by atoms with E-state index in [2.05, 4.69) is 0 Å². The molecule has 0 aliphatic rings. The Hall–Kier alpha value is -1.45. The molecule has 0 fully saturated rings. The SMILES string of the molecule is Cc1cc(F)cc(C)c1C(O)c1c(F)cccc1Cl. The van der Waals surface area contributed by atoms with Crippen LogP contribution < -0.4 is 0 Å². The molecule has 2 aromatic rings. The monoisotopic (exact) mass is 282 g/mol. The molecule has 100 valence electrons. The minimum absolute atomic E-state index is 0.0157. The molecule has 0 radical (unpaired) electrons. The summed E-state index contributed by atoms with van der Waals surface area (Å²) in [6.45, 7) is 3.34. The van der Waals surface area contributed by atoms with Crippen molar-refractivity contribution in [3.8, 4) is 0 Å². The van der Waals surface area contributed by atoms with Crippen molar-refractivity contribution in [2.45, 2.75) is 20.0 Å². The topological polar surface area (TPSA) is 20.2 Å². The number of hydrogen-bond acceptors (Lipinski definition) is 1. The summed E-state index contributed by atoms with van der Waals surface area (Å²) in [6, 6.07) is 6.83. The summed E-state index contributed by atoms with van der Waals surface area (Å²) >= 11 is 5.94. The maximum Gasteiger partial charge on any atom is 0.130 e. The fraction of sp³-hybridized carbons (Fsp3) is 0.200. The third-order valence-corrected chi connectivity index (χ3v) is 3.43. The van der Waals surface area contributed by atoms with E-state index in [1.54, 1.807) is 13.8 Å². The smallest absolute Gasteiger partial charge is 0.130 e.